The number of hydrogen-bond acceptors (Lipinski definition) is 6. The average Bonchev–Trinajstić information content (AvgIpc) is 1.59. The van der Waals surface area contributed by atoms with Gasteiger partial charge in [0.15, 0.2) is 0 Å². The molecule has 0 spiro atoms. The molecule has 0 aromatic carbocycles. The van der Waals surface area contributed by atoms with Crippen molar-refractivity contribution in [3.63, 3.8) is 0 Å². The van der Waals surface area contributed by atoms with E-state index in [9.17, 15) is 4.57 Å². The van der Waals surface area contributed by atoms with Gasteiger partial charge in [-0.15, -0.1) is 4.67 Å². The first-order chi connectivity index (χ1) is 4.56. The third kappa shape index (κ3) is 73.5. The molecule has 1 radical (unpaired) electrons. The zero-order chi connectivity index (χ0) is 9.71. The minimum absolute atomic E-state index is 0. The molecule has 0 atom stereocenters. The standard InChI is InChI=1S/Cu.H3O5P.H3O4P/c;1-5-6(2,3)4;1-5(2,3)4/h;1H,(H2,2,3,4);(H3,1,2,3,4)/q+2;;/p-2. The van der Waals surface area contributed by atoms with Crippen LogP contribution in [0.1, 0.15) is 0 Å². The normalized spacial score (nSPS) is 10.8. The molecule has 0 aliphatic carbocycles. The Morgan fingerprint density at radius 1 is 1.08 bits per heavy atom. The van der Waals surface area contributed by atoms with E-state index in [-0.39, 0.29) is 17.1 Å². The van der Waals surface area contributed by atoms with Crippen molar-refractivity contribution in [1.29, 1.82) is 0 Å². The molecule has 0 saturated carbocycles. The van der Waals surface area contributed by atoms with E-state index in [0.717, 1.165) is 0 Å². The fourth-order valence-corrected chi connectivity index (χ4v) is 0. The van der Waals surface area contributed by atoms with Crippen molar-refractivity contribution in [1.82, 2.24) is 0 Å². The predicted molar refractivity (Wildman–Crippen MR) is 25.6 cm³/mol. The van der Waals surface area contributed by atoms with Crippen molar-refractivity contribution >= 4 is 15.6 Å². The van der Waals surface area contributed by atoms with Gasteiger partial charge in [-0.05, 0) is 0 Å². The van der Waals surface area contributed by atoms with E-state index in [4.69, 9.17) is 34.3 Å². The first-order valence-corrected chi connectivity index (χ1v) is 4.72. The second-order valence-corrected chi connectivity index (χ2v) is 3.12. The first kappa shape index (κ1) is 18.5. The minimum Gasteiger partial charge on any atom is -0.790 e. The summed E-state index contributed by atoms with van der Waals surface area (Å²) in [6, 6.07) is 0. The summed E-state index contributed by atoms with van der Waals surface area (Å²) >= 11 is 0. The largest absolute Gasteiger partial charge is 2.00 e. The third-order valence-corrected chi connectivity index (χ3v) is 0.319. The Balaban J connectivity index is -0.000000126. The molecule has 0 aromatic rings. The molecular weight excluding hydrogens is 269 g/mol. The van der Waals surface area contributed by atoms with Crippen LogP contribution in [-0.4, -0.2) is 19.9 Å². The molecule has 4 N–H and O–H groups in total. The smallest absolute Gasteiger partial charge is 0.790 e. The average molecular weight is 274 g/mol. The summed E-state index contributed by atoms with van der Waals surface area (Å²) in [7, 11) is -9.73. The number of rotatable bonds is 1. The molecule has 0 aliphatic rings. The van der Waals surface area contributed by atoms with Gasteiger partial charge in [-0.2, -0.15) is 0 Å². The fraction of sp³-hybridized carbons (Fsp3) is 0. The quantitative estimate of drug-likeness (QED) is 0.173. The Morgan fingerprint density at radius 3 is 1.17 bits per heavy atom. The zero-order valence-electron chi connectivity index (χ0n) is 5.03. The maximum Gasteiger partial charge on any atom is 2.00 e. The predicted octanol–water partition coefficient (Wildman–Crippen LogP) is -2.63. The van der Waals surface area contributed by atoms with Gasteiger partial charge in [-0.1, -0.05) is 0 Å². The molecule has 9 nitrogen and oxygen atoms in total. The molecular formula is H4CuO9P2. The molecule has 0 aliphatic heterocycles. The van der Waals surface area contributed by atoms with Crippen molar-refractivity contribution in [3.8, 4) is 0 Å². The molecule has 0 fully saturated rings. The van der Waals surface area contributed by atoms with Crippen molar-refractivity contribution in [2.24, 2.45) is 0 Å². The van der Waals surface area contributed by atoms with Crippen LogP contribution in [0.25, 0.3) is 0 Å². The molecule has 0 heterocycles. The van der Waals surface area contributed by atoms with Crippen LogP contribution in [0.15, 0.2) is 0 Å². The van der Waals surface area contributed by atoms with Crippen molar-refractivity contribution in [2.75, 3.05) is 0 Å². The van der Waals surface area contributed by atoms with E-state index in [1.54, 1.807) is 0 Å². The minimum atomic E-state index is -5.14. The molecule has 12 heavy (non-hydrogen) atoms. The van der Waals surface area contributed by atoms with Gasteiger partial charge < -0.3 is 29.0 Å². The molecule has 0 amide bonds. The monoisotopic (exact) mass is 273 g/mol. The maximum atomic E-state index is 9.22. The third-order valence-electron chi connectivity index (χ3n) is 0.106. The second-order valence-electron chi connectivity index (χ2n) is 1.04. The van der Waals surface area contributed by atoms with E-state index >= 15 is 0 Å². The van der Waals surface area contributed by atoms with Crippen LogP contribution in [0.3, 0.4) is 0 Å². The number of phosphoric acid groups is 2. The Hall–Kier alpha value is 0.699. The van der Waals surface area contributed by atoms with E-state index in [1.807, 2.05) is 0 Å². The number of hydrogen-bond donors (Lipinski definition) is 4. The molecule has 79 valence electrons. The Bertz CT molecular complexity index is 165. The van der Waals surface area contributed by atoms with Gasteiger partial charge >= 0.3 is 24.9 Å². The molecule has 0 rings (SSSR count). The van der Waals surface area contributed by atoms with Gasteiger partial charge in [0.25, 0.3) is 0 Å². The van der Waals surface area contributed by atoms with Crippen LogP contribution in [0.2, 0.25) is 0 Å². The Labute approximate surface area is 76.9 Å². The maximum absolute atomic E-state index is 9.22. The van der Waals surface area contributed by atoms with Crippen LogP contribution in [0.4, 0.5) is 0 Å². The van der Waals surface area contributed by atoms with Gasteiger partial charge in [0.05, 0.1) is 7.82 Å². The summed E-state index contributed by atoms with van der Waals surface area (Å²) in [6.45, 7) is 0. The summed E-state index contributed by atoms with van der Waals surface area (Å²) in [4.78, 5) is 39.2. The molecule has 12 heteroatoms. The second kappa shape index (κ2) is 7.14. The van der Waals surface area contributed by atoms with Crippen LogP contribution in [-0.2, 0) is 30.9 Å². The van der Waals surface area contributed by atoms with E-state index in [2.05, 4.69) is 4.67 Å². The summed E-state index contributed by atoms with van der Waals surface area (Å²) in [6.07, 6.45) is 0. The van der Waals surface area contributed by atoms with Crippen LogP contribution < -0.4 is 9.79 Å². The summed E-state index contributed by atoms with van der Waals surface area (Å²) in [5.41, 5.74) is 0. The van der Waals surface area contributed by atoms with Gasteiger partial charge in [0.1, 0.15) is 0 Å². The first-order valence-electron chi connectivity index (χ1n) is 1.70. The van der Waals surface area contributed by atoms with Crippen molar-refractivity contribution in [3.05, 3.63) is 0 Å². The van der Waals surface area contributed by atoms with Gasteiger partial charge in [0, 0.05) is 0 Å². The van der Waals surface area contributed by atoms with E-state index in [0.29, 0.717) is 0 Å². The summed E-state index contributed by atoms with van der Waals surface area (Å²) in [5.74, 6) is 0. The van der Waals surface area contributed by atoms with Gasteiger partial charge in [-0.25, -0.2) is 9.82 Å². The molecule has 0 saturated heterocycles. The van der Waals surface area contributed by atoms with Crippen molar-refractivity contribution < 1.29 is 60.6 Å². The van der Waals surface area contributed by atoms with Gasteiger partial charge in [0.2, 0.25) is 0 Å². The van der Waals surface area contributed by atoms with Crippen LogP contribution in [0.5, 0.6) is 0 Å². The van der Waals surface area contributed by atoms with Crippen LogP contribution in [0, 0.1) is 0 Å². The fourth-order valence-electron chi connectivity index (χ4n) is 0. The summed E-state index contributed by atoms with van der Waals surface area (Å²) in [5, 5.41) is 7.14. The molecule has 0 bridgehead atoms. The molecule has 0 aromatic heterocycles. The zero-order valence-corrected chi connectivity index (χ0v) is 7.76. The summed E-state index contributed by atoms with van der Waals surface area (Å²) < 4.78 is 20.5. The van der Waals surface area contributed by atoms with E-state index in [1.165, 1.54) is 0 Å². The van der Waals surface area contributed by atoms with Gasteiger partial charge in [-0.3, -0.25) is 0 Å². The SMILES string of the molecule is O=P(O)(O)OO.O=P([O-])([O-])O.[Cu+2]. The van der Waals surface area contributed by atoms with E-state index < -0.39 is 15.6 Å². The Morgan fingerprint density at radius 2 is 1.17 bits per heavy atom. The molecule has 0 unspecified atom stereocenters. The topological polar surface area (TPSA) is 170 Å². The van der Waals surface area contributed by atoms with Crippen LogP contribution >= 0.6 is 15.6 Å². The van der Waals surface area contributed by atoms with Crippen molar-refractivity contribution in [2.45, 2.75) is 0 Å². The Kier molecular flexibility index (Phi) is 11.0.